The van der Waals surface area contributed by atoms with Gasteiger partial charge in [-0.15, -0.1) is 0 Å². The lowest BCUT2D eigenvalue weighted by molar-refractivity contribution is 0.0979. The van der Waals surface area contributed by atoms with Crippen molar-refractivity contribution in [2.75, 3.05) is 6.54 Å². The molecule has 1 heterocycles. The molecular weight excluding hydrogens is 234 g/mol. The third-order valence-corrected chi connectivity index (χ3v) is 3.97. The Bertz CT molecular complexity index is 352. The van der Waals surface area contributed by atoms with Crippen molar-refractivity contribution in [3.8, 4) is 0 Å². The summed E-state index contributed by atoms with van der Waals surface area (Å²) in [5.74, 6) is 0.739. The van der Waals surface area contributed by atoms with Gasteiger partial charge in [-0.25, -0.2) is 0 Å². The van der Waals surface area contributed by atoms with E-state index in [2.05, 4.69) is 12.2 Å². The molecule has 0 saturated carbocycles. The Kier molecular flexibility index (Phi) is 4.43. The number of benzene rings is 1. The van der Waals surface area contributed by atoms with Crippen LogP contribution in [0.3, 0.4) is 0 Å². The van der Waals surface area contributed by atoms with Crippen LogP contribution in [-0.4, -0.2) is 17.7 Å². The highest BCUT2D eigenvalue weighted by Crippen LogP contribution is 2.28. The maximum Gasteiger partial charge on any atom is 0.0943 e. The van der Waals surface area contributed by atoms with Crippen LogP contribution < -0.4 is 5.32 Å². The summed E-state index contributed by atoms with van der Waals surface area (Å²) in [7, 11) is 0. The smallest absolute Gasteiger partial charge is 0.0943 e. The van der Waals surface area contributed by atoms with Gasteiger partial charge in [-0.3, -0.25) is 0 Å². The molecule has 1 aromatic carbocycles. The van der Waals surface area contributed by atoms with Gasteiger partial charge in [0, 0.05) is 11.1 Å². The quantitative estimate of drug-likeness (QED) is 0.867. The summed E-state index contributed by atoms with van der Waals surface area (Å²) in [6, 6.07) is 7.66. The zero-order chi connectivity index (χ0) is 12.3. The van der Waals surface area contributed by atoms with Gasteiger partial charge >= 0.3 is 0 Å². The van der Waals surface area contributed by atoms with Gasteiger partial charge in [-0.05, 0) is 43.0 Å². The molecule has 1 aliphatic rings. The lowest BCUT2D eigenvalue weighted by Crippen LogP contribution is -2.42. The monoisotopic (exact) mass is 253 g/mol. The fourth-order valence-electron chi connectivity index (χ4n) is 2.54. The van der Waals surface area contributed by atoms with E-state index < -0.39 is 6.10 Å². The average Bonchev–Trinajstić information content (AvgIpc) is 2.39. The number of rotatable bonds is 3. The molecule has 1 aromatic rings. The van der Waals surface area contributed by atoms with E-state index in [0.717, 1.165) is 24.4 Å². The molecule has 0 radical (unpaired) electrons. The molecule has 0 bridgehead atoms. The number of nitrogens with one attached hydrogen (secondary N) is 1. The molecule has 1 fully saturated rings. The first-order valence-electron chi connectivity index (χ1n) is 6.37. The average molecular weight is 254 g/mol. The van der Waals surface area contributed by atoms with E-state index in [1.54, 1.807) is 0 Å². The standard InChI is InChI=1S/C14H20ClNO/c1-2-10-7-8-16-13(9-10)14(17)11-3-5-12(15)6-4-11/h3-6,10,13-14,16-17H,2,7-9H2,1H3. The van der Waals surface area contributed by atoms with Crippen LogP contribution in [0.4, 0.5) is 0 Å². The van der Waals surface area contributed by atoms with E-state index in [9.17, 15) is 5.11 Å². The third kappa shape index (κ3) is 3.21. The van der Waals surface area contributed by atoms with Crippen LogP contribution >= 0.6 is 11.6 Å². The van der Waals surface area contributed by atoms with Gasteiger partial charge in [0.25, 0.3) is 0 Å². The number of hydrogen-bond donors (Lipinski definition) is 2. The Morgan fingerprint density at radius 3 is 2.76 bits per heavy atom. The summed E-state index contributed by atoms with van der Waals surface area (Å²) in [6.45, 7) is 3.23. The van der Waals surface area contributed by atoms with Gasteiger partial charge in [0.2, 0.25) is 0 Å². The van der Waals surface area contributed by atoms with Gasteiger partial charge < -0.3 is 10.4 Å². The van der Waals surface area contributed by atoms with Crippen LogP contribution in [0.1, 0.15) is 37.9 Å². The van der Waals surface area contributed by atoms with Crippen LogP contribution in [-0.2, 0) is 0 Å². The molecule has 0 spiro atoms. The molecule has 17 heavy (non-hydrogen) atoms. The second-order valence-electron chi connectivity index (χ2n) is 4.86. The van der Waals surface area contributed by atoms with Crippen LogP contribution in [0.25, 0.3) is 0 Å². The summed E-state index contributed by atoms with van der Waals surface area (Å²) in [4.78, 5) is 0. The SMILES string of the molecule is CCC1CCNC(C(O)c2ccc(Cl)cc2)C1. The highest BCUT2D eigenvalue weighted by Gasteiger charge is 2.26. The van der Waals surface area contributed by atoms with Crippen LogP contribution in [0.5, 0.6) is 0 Å². The molecule has 1 aliphatic heterocycles. The summed E-state index contributed by atoms with van der Waals surface area (Å²) in [5.41, 5.74) is 0.948. The summed E-state index contributed by atoms with van der Waals surface area (Å²) in [5, 5.41) is 14.5. The number of hydrogen-bond acceptors (Lipinski definition) is 2. The fraction of sp³-hybridized carbons (Fsp3) is 0.571. The number of aliphatic hydroxyl groups excluding tert-OH is 1. The first-order chi connectivity index (χ1) is 8.20. The molecule has 3 unspecified atom stereocenters. The zero-order valence-electron chi connectivity index (χ0n) is 10.2. The molecule has 94 valence electrons. The van der Waals surface area contributed by atoms with E-state index in [4.69, 9.17) is 11.6 Å². The number of aliphatic hydroxyl groups is 1. The Balaban J connectivity index is 2.03. The van der Waals surface area contributed by atoms with Gasteiger partial charge in [-0.1, -0.05) is 37.1 Å². The molecule has 1 saturated heterocycles. The normalized spacial score (nSPS) is 26.8. The fourth-order valence-corrected chi connectivity index (χ4v) is 2.66. The van der Waals surface area contributed by atoms with Crippen molar-refractivity contribution < 1.29 is 5.11 Å². The van der Waals surface area contributed by atoms with E-state index in [-0.39, 0.29) is 6.04 Å². The molecule has 3 atom stereocenters. The van der Waals surface area contributed by atoms with Crippen molar-refractivity contribution in [3.05, 3.63) is 34.9 Å². The van der Waals surface area contributed by atoms with Crippen molar-refractivity contribution in [3.63, 3.8) is 0 Å². The molecule has 3 heteroatoms. The topological polar surface area (TPSA) is 32.3 Å². The molecular formula is C14H20ClNO. The first kappa shape index (κ1) is 12.9. The predicted octanol–water partition coefficient (Wildman–Crippen LogP) is 3.15. The van der Waals surface area contributed by atoms with E-state index >= 15 is 0 Å². The second kappa shape index (κ2) is 5.85. The van der Waals surface area contributed by atoms with Crippen LogP contribution in [0.15, 0.2) is 24.3 Å². The van der Waals surface area contributed by atoms with Crippen molar-refractivity contribution in [2.24, 2.45) is 5.92 Å². The number of halogens is 1. The van der Waals surface area contributed by atoms with Gasteiger partial charge in [0.15, 0.2) is 0 Å². The van der Waals surface area contributed by atoms with Gasteiger partial charge in [-0.2, -0.15) is 0 Å². The van der Waals surface area contributed by atoms with Crippen molar-refractivity contribution in [1.29, 1.82) is 0 Å². The van der Waals surface area contributed by atoms with Crippen molar-refractivity contribution in [1.82, 2.24) is 5.32 Å². The summed E-state index contributed by atoms with van der Waals surface area (Å²) in [6.07, 6.45) is 3.05. The lowest BCUT2D eigenvalue weighted by Gasteiger charge is -2.33. The predicted molar refractivity (Wildman–Crippen MR) is 71.2 cm³/mol. The minimum absolute atomic E-state index is 0.176. The van der Waals surface area contributed by atoms with Crippen LogP contribution in [0, 0.1) is 5.92 Å². The Hall–Kier alpha value is -0.570. The minimum Gasteiger partial charge on any atom is -0.387 e. The van der Waals surface area contributed by atoms with Crippen molar-refractivity contribution >= 4 is 11.6 Å². The molecule has 2 rings (SSSR count). The third-order valence-electron chi connectivity index (χ3n) is 3.72. The number of piperidine rings is 1. The summed E-state index contributed by atoms with van der Waals surface area (Å²) >= 11 is 5.85. The molecule has 0 amide bonds. The van der Waals surface area contributed by atoms with Gasteiger partial charge in [0.05, 0.1) is 6.10 Å². The second-order valence-corrected chi connectivity index (χ2v) is 5.29. The van der Waals surface area contributed by atoms with Gasteiger partial charge in [0.1, 0.15) is 0 Å². The maximum absolute atomic E-state index is 10.3. The van der Waals surface area contributed by atoms with E-state index in [1.807, 2.05) is 24.3 Å². The molecule has 2 N–H and O–H groups in total. The first-order valence-corrected chi connectivity index (χ1v) is 6.75. The van der Waals surface area contributed by atoms with Crippen LogP contribution in [0.2, 0.25) is 5.02 Å². The van der Waals surface area contributed by atoms with E-state index in [1.165, 1.54) is 12.8 Å². The Labute approximate surface area is 108 Å². The summed E-state index contributed by atoms with van der Waals surface area (Å²) < 4.78 is 0. The highest BCUT2D eigenvalue weighted by atomic mass is 35.5. The Morgan fingerprint density at radius 2 is 2.12 bits per heavy atom. The zero-order valence-corrected chi connectivity index (χ0v) is 11.0. The maximum atomic E-state index is 10.3. The largest absolute Gasteiger partial charge is 0.387 e. The minimum atomic E-state index is -0.429. The van der Waals surface area contributed by atoms with E-state index in [0.29, 0.717) is 5.02 Å². The highest BCUT2D eigenvalue weighted by molar-refractivity contribution is 6.30. The molecule has 0 aromatic heterocycles. The molecule has 0 aliphatic carbocycles. The molecule has 2 nitrogen and oxygen atoms in total. The lowest BCUT2D eigenvalue weighted by atomic mass is 9.86. The van der Waals surface area contributed by atoms with Crippen molar-refractivity contribution in [2.45, 2.75) is 38.3 Å². The Morgan fingerprint density at radius 1 is 1.41 bits per heavy atom.